The standard InChI is InChI=1S/C23H32O8/c1-9-23(8)17(12(4)10-28-14(6)24)18(30-21(26)11(2)3)16-13(5)22(27)31-19(16)20(23)29-15(7)25/h9,11,13,16-20H,1,4,10H2,2-3,5-8H3/t13-,16+,17-,18-,19+,20-,23+/m1/s1. The van der Waals surface area contributed by atoms with Gasteiger partial charge in [-0.05, 0) is 5.57 Å². The molecule has 0 bridgehead atoms. The molecule has 0 unspecified atom stereocenters. The van der Waals surface area contributed by atoms with Crippen molar-refractivity contribution >= 4 is 23.9 Å². The molecule has 0 aromatic carbocycles. The topological polar surface area (TPSA) is 105 Å². The summed E-state index contributed by atoms with van der Waals surface area (Å²) in [5.74, 6) is -4.18. The smallest absolute Gasteiger partial charge is 0.309 e. The maximum atomic E-state index is 12.6. The first-order valence-electron chi connectivity index (χ1n) is 10.4. The molecule has 1 heterocycles. The molecular formula is C23H32O8. The lowest BCUT2D eigenvalue weighted by molar-refractivity contribution is -0.203. The molecule has 1 aliphatic heterocycles. The molecule has 172 valence electrons. The van der Waals surface area contributed by atoms with Crippen LogP contribution in [0.2, 0.25) is 0 Å². The molecule has 1 saturated heterocycles. The number of ether oxygens (including phenoxy) is 4. The van der Waals surface area contributed by atoms with E-state index in [9.17, 15) is 19.2 Å². The zero-order valence-electron chi connectivity index (χ0n) is 19.0. The minimum atomic E-state index is -1.02. The summed E-state index contributed by atoms with van der Waals surface area (Å²) in [6.45, 7) is 17.3. The van der Waals surface area contributed by atoms with Crippen molar-refractivity contribution in [3.05, 3.63) is 24.8 Å². The van der Waals surface area contributed by atoms with Crippen molar-refractivity contribution in [2.75, 3.05) is 6.61 Å². The summed E-state index contributed by atoms with van der Waals surface area (Å²) in [5.41, 5.74) is -0.558. The molecule has 1 saturated carbocycles. The minimum absolute atomic E-state index is 0.119. The molecule has 0 amide bonds. The lowest BCUT2D eigenvalue weighted by Crippen LogP contribution is -2.62. The zero-order chi connectivity index (χ0) is 23.7. The van der Waals surface area contributed by atoms with Crippen LogP contribution < -0.4 is 0 Å². The Morgan fingerprint density at radius 1 is 1.19 bits per heavy atom. The van der Waals surface area contributed by atoms with Gasteiger partial charge in [0.15, 0.2) is 0 Å². The average molecular weight is 437 g/mol. The van der Waals surface area contributed by atoms with Crippen molar-refractivity contribution in [3.63, 3.8) is 0 Å². The number of rotatable bonds is 7. The highest BCUT2D eigenvalue weighted by Gasteiger charge is 2.65. The van der Waals surface area contributed by atoms with Gasteiger partial charge >= 0.3 is 23.9 Å². The van der Waals surface area contributed by atoms with E-state index in [2.05, 4.69) is 13.2 Å². The fourth-order valence-electron chi connectivity index (χ4n) is 4.59. The number of carbonyl (C=O) groups is 4. The summed E-state index contributed by atoms with van der Waals surface area (Å²) < 4.78 is 22.3. The van der Waals surface area contributed by atoms with Crippen LogP contribution >= 0.6 is 0 Å². The highest BCUT2D eigenvalue weighted by molar-refractivity contribution is 5.76. The summed E-state index contributed by atoms with van der Waals surface area (Å²) in [5, 5.41) is 0. The van der Waals surface area contributed by atoms with Gasteiger partial charge in [0.1, 0.15) is 24.9 Å². The quantitative estimate of drug-likeness (QED) is 0.341. The Morgan fingerprint density at radius 3 is 2.29 bits per heavy atom. The minimum Gasteiger partial charge on any atom is -0.461 e. The molecule has 0 N–H and O–H groups in total. The second-order valence-electron chi connectivity index (χ2n) is 8.84. The first kappa shape index (κ1) is 24.6. The van der Waals surface area contributed by atoms with Gasteiger partial charge in [-0.25, -0.2) is 0 Å². The first-order chi connectivity index (χ1) is 14.3. The molecule has 7 atom stereocenters. The first-order valence-corrected chi connectivity index (χ1v) is 10.4. The average Bonchev–Trinajstić information content (AvgIpc) is 2.97. The molecule has 2 fully saturated rings. The number of esters is 4. The van der Waals surface area contributed by atoms with E-state index in [1.807, 2.05) is 0 Å². The van der Waals surface area contributed by atoms with E-state index in [0.29, 0.717) is 5.57 Å². The molecule has 8 nitrogen and oxygen atoms in total. The van der Waals surface area contributed by atoms with Crippen LogP contribution in [-0.2, 0) is 38.1 Å². The van der Waals surface area contributed by atoms with Crippen molar-refractivity contribution in [1.29, 1.82) is 0 Å². The molecule has 2 aliphatic rings. The van der Waals surface area contributed by atoms with Crippen molar-refractivity contribution < 1.29 is 38.1 Å². The van der Waals surface area contributed by atoms with Crippen molar-refractivity contribution in [1.82, 2.24) is 0 Å². The van der Waals surface area contributed by atoms with Crippen LogP contribution in [-0.4, -0.2) is 48.8 Å². The molecule has 0 aromatic rings. The van der Waals surface area contributed by atoms with Crippen LogP contribution in [0.4, 0.5) is 0 Å². The van der Waals surface area contributed by atoms with Gasteiger partial charge in [-0.15, -0.1) is 6.58 Å². The maximum Gasteiger partial charge on any atom is 0.309 e. The van der Waals surface area contributed by atoms with Crippen LogP contribution in [0.3, 0.4) is 0 Å². The van der Waals surface area contributed by atoms with E-state index < -0.39 is 71.3 Å². The molecule has 31 heavy (non-hydrogen) atoms. The number of carbonyl (C=O) groups excluding carboxylic acids is 4. The molecule has 0 spiro atoms. The molecule has 0 radical (unpaired) electrons. The maximum absolute atomic E-state index is 12.6. The van der Waals surface area contributed by atoms with Crippen molar-refractivity contribution in [3.8, 4) is 0 Å². The Hall–Kier alpha value is -2.64. The summed E-state index contributed by atoms with van der Waals surface area (Å²) in [6.07, 6.45) is -0.932. The highest BCUT2D eigenvalue weighted by atomic mass is 16.6. The molecule has 2 rings (SSSR count). The van der Waals surface area contributed by atoms with Crippen LogP contribution in [0.15, 0.2) is 24.8 Å². The predicted molar refractivity (Wildman–Crippen MR) is 110 cm³/mol. The van der Waals surface area contributed by atoms with Gasteiger partial charge in [-0.3, -0.25) is 19.2 Å². The number of hydrogen-bond acceptors (Lipinski definition) is 8. The van der Waals surface area contributed by atoms with Gasteiger partial charge in [0, 0.05) is 25.2 Å². The summed E-state index contributed by atoms with van der Waals surface area (Å²) in [4.78, 5) is 48.4. The second-order valence-corrected chi connectivity index (χ2v) is 8.84. The third kappa shape index (κ3) is 4.67. The molecule has 8 heteroatoms. The van der Waals surface area contributed by atoms with E-state index >= 15 is 0 Å². The van der Waals surface area contributed by atoms with E-state index in [-0.39, 0.29) is 6.61 Å². The fourth-order valence-corrected chi connectivity index (χ4v) is 4.59. The van der Waals surface area contributed by atoms with E-state index in [4.69, 9.17) is 18.9 Å². The van der Waals surface area contributed by atoms with E-state index in [1.165, 1.54) is 13.8 Å². The van der Waals surface area contributed by atoms with E-state index in [1.54, 1.807) is 33.8 Å². The summed E-state index contributed by atoms with van der Waals surface area (Å²) in [6, 6.07) is 0. The van der Waals surface area contributed by atoms with Crippen molar-refractivity contribution in [2.45, 2.75) is 59.9 Å². The van der Waals surface area contributed by atoms with Crippen LogP contribution in [0, 0.1) is 29.1 Å². The third-order valence-corrected chi connectivity index (χ3v) is 6.23. The van der Waals surface area contributed by atoms with Gasteiger partial charge in [-0.1, -0.05) is 40.3 Å². The summed E-state index contributed by atoms with van der Waals surface area (Å²) in [7, 11) is 0. The van der Waals surface area contributed by atoms with Gasteiger partial charge in [-0.2, -0.15) is 0 Å². The second kappa shape index (κ2) is 9.24. The number of hydrogen-bond donors (Lipinski definition) is 0. The predicted octanol–water partition coefficient (Wildman–Crippen LogP) is 2.61. The molecular weight excluding hydrogens is 404 g/mol. The number of fused-ring (bicyclic) bond motifs is 1. The zero-order valence-corrected chi connectivity index (χ0v) is 19.0. The van der Waals surface area contributed by atoms with Crippen LogP contribution in [0.1, 0.15) is 41.5 Å². The molecule has 1 aliphatic carbocycles. The SMILES string of the molecule is C=C[C@]1(C)[C@H](OC(C)=O)[C@H]2OC(=O)[C@H](C)[C@H]2[C@@H](OC(=O)C(C)C)[C@H]1C(=C)COC(C)=O. The van der Waals surface area contributed by atoms with Gasteiger partial charge in [0.05, 0.1) is 17.8 Å². The van der Waals surface area contributed by atoms with Gasteiger partial charge in [0.25, 0.3) is 0 Å². The Morgan fingerprint density at radius 2 is 1.81 bits per heavy atom. The Balaban J connectivity index is 2.64. The van der Waals surface area contributed by atoms with Crippen molar-refractivity contribution in [2.24, 2.45) is 29.1 Å². The Bertz CT molecular complexity index is 784. The van der Waals surface area contributed by atoms with Crippen LogP contribution in [0.25, 0.3) is 0 Å². The highest BCUT2D eigenvalue weighted by Crippen LogP contribution is 2.55. The Labute approximate surface area is 182 Å². The lowest BCUT2D eigenvalue weighted by atomic mass is 9.56. The van der Waals surface area contributed by atoms with Gasteiger partial charge < -0.3 is 18.9 Å². The lowest BCUT2D eigenvalue weighted by Gasteiger charge is -2.53. The van der Waals surface area contributed by atoms with Crippen LogP contribution in [0.5, 0.6) is 0 Å². The normalized spacial score (nSPS) is 34.4. The van der Waals surface area contributed by atoms with Gasteiger partial charge in [0.2, 0.25) is 0 Å². The largest absolute Gasteiger partial charge is 0.461 e. The van der Waals surface area contributed by atoms with E-state index in [0.717, 1.165) is 0 Å². The summed E-state index contributed by atoms with van der Waals surface area (Å²) >= 11 is 0. The fraction of sp³-hybridized carbons (Fsp3) is 0.652. The molecule has 0 aromatic heterocycles. The third-order valence-electron chi connectivity index (χ3n) is 6.23. The monoisotopic (exact) mass is 436 g/mol. The Kier molecular flexibility index (Phi) is 7.34.